The van der Waals surface area contributed by atoms with Gasteiger partial charge in [-0.2, -0.15) is 0 Å². The van der Waals surface area contributed by atoms with E-state index in [4.69, 9.17) is 0 Å². The highest BCUT2D eigenvalue weighted by atomic mass is 16.1. The van der Waals surface area contributed by atoms with Crippen molar-refractivity contribution < 1.29 is 4.79 Å². The molecule has 0 bridgehead atoms. The highest BCUT2D eigenvalue weighted by molar-refractivity contribution is 5.77. The Kier molecular flexibility index (Phi) is 6.52. The quantitative estimate of drug-likeness (QED) is 0.719. The van der Waals surface area contributed by atoms with Crippen LogP contribution in [-0.2, 0) is 4.79 Å². The molecule has 1 atom stereocenters. The molecule has 1 heterocycles. The molecule has 1 rings (SSSR count). The number of amides is 1. The van der Waals surface area contributed by atoms with Gasteiger partial charge in [0.15, 0.2) is 0 Å². The zero-order valence-corrected chi connectivity index (χ0v) is 11.5. The molecule has 1 aliphatic heterocycles. The lowest BCUT2D eigenvalue weighted by Crippen LogP contribution is -2.41. The Labute approximate surface area is 105 Å². The Bertz CT molecular complexity index is 231. The second kappa shape index (κ2) is 7.67. The highest BCUT2D eigenvalue weighted by Crippen LogP contribution is 2.13. The standard InChI is InChI=1S/C13H27N3O/c1-11(2)7-15-13(17)9-14-8-12-5-4-6-16(3)10-12/h11-12,14H,4-10H2,1-3H3,(H,15,17). The highest BCUT2D eigenvalue weighted by Gasteiger charge is 2.16. The van der Waals surface area contributed by atoms with Crippen LogP contribution in [0.1, 0.15) is 26.7 Å². The SMILES string of the molecule is CC(C)CNC(=O)CNCC1CCCN(C)C1. The predicted molar refractivity (Wildman–Crippen MR) is 70.9 cm³/mol. The van der Waals surface area contributed by atoms with Crippen molar-refractivity contribution in [1.29, 1.82) is 0 Å². The summed E-state index contributed by atoms with van der Waals surface area (Å²) in [5.41, 5.74) is 0. The van der Waals surface area contributed by atoms with Crippen molar-refractivity contribution >= 4 is 5.91 Å². The number of nitrogens with zero attached hydrogens (tertiary/aromatic N) is 1. The Morgan fingerprint density at radius 3 is 2.88 bits per heavy atom. The van der Waals surface area contributed by atoms with E-state index in [1.807, 2.05) is 0 Å². The maximum Gasteiger partial charge on any atom is 0.233 e. The molecule has 0 aromatic rings. The fourth-order valence-electron chi connectivity index (χ4n) is 2.21. The van der Waals surface area contributed by atoms with Crippen LogP contribution in [0, 0.1) is 11.8 Å². The van der Waals surface area contributed by atoms with E-state index in [1.54, 1.807) is 0 Å². The number of carbonyl (C=O) groups is 1. The summed E-state index contributed by atoms with van der Waals surface area (Å²) in [5, 5.41) is 6.18. The third-order valence-corrected chi connectivity index (χ3v) is 3.15. The van der Waals surface area contributed by atoms with Gasteiger partial charge in [-0.1, -0.05) is 13.8 Å². The van der Waals surface area contributed by atoms with Gasteiger partial charge in [-0.25, -0.2) is 0 Å². The monoisotopic (exact) mass is 241 g/mol. The molecule has 1 amide bonds. The molecule has 0 aromatic heterocycles. The number of nitrogens with one attached hydrogen (secondary N) is 2. The van der Waals surface area contributed by atoms with Gasteiger partial charge >= 0.3 is 0 Å². The van der Waals surface area contributed by atoms with Crippen molar-refractivity contribution in [2.45, 2.75) is 26.7 Å². The summed E-state index contributed by atoms with van der Waals surface area (Å²) in [5.74, 6) is 1.33. The first-order valence-electron chi connectivity index (χ1n) is 6.74. The molecule has 1 fully saturated rings. The van der Waals surface area contributed by atoms with Crippen LogP contribution in [-0.4, -0.2) is 50.6 Å². The number of piperidine rings is 1. The van der Waals surface area contributed by atoms with Crippen molar-refractivity contribution in [2.75, 3.05) is 39.8 Å². The Morgan fingerprint density at radius 1 is 1.47 bits per heavy atom. The lowest BCUT2D eigenvalue weighted by molar-refractivity contribution is -0.120. The Balaban J connectivity index is 2.04. The zero-order valence-electron chi connectivity index (χ0n) is 11.5. The van der Waals surface area contributed by atoms with Gasteiger partial charge in [-0.05, 0) is 44.8 Å². The first kappa shape index (κ1) is 14.5. The number of likely N-dealkylation sites (tertiary alicyclic amines) is 1. The largest absolute Gasteiger partial charge is 0.355 e. The van der Waals surface area contributed by atoms with E-state index in [9.17, 15) is 4.79 Å². The van der Waals surface area contributed by atoms with E-state index in [0.29, 0.717) is 18.4 Å². The summed E-state index contributed by atoms with van der Waals surface area (Å²) in [6.07, 6.45) is 2.56. The van der Waals surface area contributed by atoms with E-state index in [-0.39, 0.29) is 5.91 Å². The third kappa shape index (κ3) is 6.64. The predicted octanol–water partition coefficient (Wildman–Crippen LogP) is 0.690. The van der Waals surface area contributed by atoms with Crippen molar-refractivity contribution in [3.05, 3.63) is 0 Å². The molecule has 4 heteroatoms. The molecular weight excluding hydrogens is 214 g/mol. The Hall–Kier alpha value is -0.610. The zero-order chi connectivity index (χ0) is 12.7. The van der Waals surface area contributed by atoms with E-state index < -0.39 is 0 Å². The van der Waals surface area contributed by atoms with Crippen LogP contribution in [0.5, 0.6) is 0 Å². The molecule has 0 saturated carbocycles. The van der Waals surface area contributed by atoms with Crippen LogP contribution in [0.3, 0.4) is 0 Å². The molecule has 1 unspecified atom stereocenters. The molecule has 4 nitrogen and oxygen atoms in total. The van der Waals surface area contributed by atoms with E-state index >= 15 is 0 Å². The second-order valence-electron chi connectivity index (χ2n) is 5.60. The van der Waals surface area contributed by atoms with Crippen molar-refractivity contribution in [1.82, 2.24) is 15.5 Å². The summed E-state index contributed by atoms with van der Waals surface area (Å²) in [7, 11) is 2.17. The number of hydrogen-bond donors (Lipinski definition) is 2. The van der Waals surface area contributed by atoms with Gasteiger partial charge in [0.1, 0.15) is 0 Å². The van der Waals surface area contributed by atoms with Gasteiger partial charge in [0.05, 0.1) is 6.54 Å². The molecule has 17 heavy (non-hydrogen) atoms. The van der Waals surface area contributed by atoms with Crippen LogP contribution < -0.4 is 10.6 Å². The van der Waals surface area contributed by atoms with E-state index in [0.717, 1.165) is 19.6 Å². The van der Waals surface area contributed by atoms with Crippen LogP contribution in [0.15, 0.2) is 0 Å². The van der Waals surface area contributed by atoms with Gasteiger partial charge in [-0.15, -0.1) is 0 Å². The Morgan fingerprint density at radius 2 is 2.24 bits per heavy atom. The lowest BCUT2D eigenvalue weighted by atomic mass is 9.98. The van der Waals surface area contributed by atoms with Gasteiger partial charge < -0.3 is 15.5 Å². The summed E-state index contributed by atoms with van der Waals surface area (Å²) in [6, 6.07) is 0. The van der Waals surface area contributed by atoms with Crippen molar-refractivity contribution in [2.24, 2.45) is 11.8 Å². The summed E-state index contributed by atoms with van der Waals surface area (Å²) >= 11 is 0. The van der Waals surface area contributed by atoms with Crippen LogP contribution in [0.25, 0.3) is 0 Å². The second-order valence-corrected chi connectivity index (χ2v) is 5.60. The molecule has 0 spiro atoms. The summed E-state index contributed by atoms with van der Waals surface area (Å²) in [4.78, 5) is 13.8. The minimum Gasteiger partial charge on any atom is -0.355 e. The molecule has 100 valence electrons. The van der Waals surface area contributed by atoms with Gasteiger partial charge in [0, 0.05) is 13.1 Å². The summed E-state index contributed by atoms with van der Waals surface area (Å²) < 4.78 is 0. The maximum absolute atomic E-state index is 11.5. The molecule has 2 N–H and O–H groups in total. The topological polar surface area (TPSA) is 44.4 Å². The molecule has 0 aromatic carbocycles. The number of rotatable bonds is 6. The molecule has 0 radical (unpaired) electrons. The molecular formula is C13H27N3O. The van der Waals surface area contributed by atoms with Gasteiger partial charge in [0.25, 0.3) is 0 Å². The lowest BCUT2D eigenvalue weighted by Gasteiger charge is -2.29. The molecule has 1 saturated heterocycles. The fraction of sp³-hybridized carbons (Fsp3) is 0.923. The van der Waals surface area contributed by atoms with Crippen molar-refractivity contribution in [3.63, 3.8) is 0 Å². The summed E-state index contributed by atoms with van der Waals surface area (Å²) in [6.45, 7) is 8.75. The number of carbonyl (C=O) groups excluding carboxylic acids is 1. The number of hydrogen-bond acceptors (Lipinski definition) is 3. The first-order chi connectivity index (χ1) is 8.08. The molecule has 1 aliphatic rings. The minimum absolute atomic E-state index is 0.114. The molecule has 0 aliphatic carbocycles. The first-order valence-corrected chi connectivity index (χ1v) is 6.74. The van der Waals surface area contributed by atoms with E-state index in [2.05, 4.69) is 36.4 Å². The smallest absolute Gasteiger partial charge is 0.233 e. The maximum atomic E-state index is 11.5. The van der Waals surface area contributed by atoms with Crippen molar-refractivity contribution in [3.8, 4) is 0 Å². The average Bonchev–Trinajstić information content (AvgIpc) is 2.26. The normalized spacial score (nSPS) is 21.8. The third-order valence-electron chi connectivity index (χ3n) is 3.15. The average molecular weight is 241 g/mol. The van der Waals surface area contributed by atoms with Crippen LogP contribution >= 0.6 is 0 Å². The van der Waals surface area contributed by atoms with Gasteiger partial charge in [-0.3, -0.25) is 4.79 Å². The fourth-order valence-corrected chi connectivity index (χ4v) is 2.21. The van der Waals surface area contributed by atoms with E-state index in [1.165, 1.54) is 19.4 Å². The van der Waals surface area contributed by atoms with Crippen LogP contribution in [0.4, 0.5) is 0 Å². The minimum atomic E-state index is 0.114. The van der Waals surface area contributed by atoms with Gasteiger partial charge in [0.2, 0.25) is 5.91 Å². The van der Waals surface area contributed by atoms with Crippen LogP contribution in [0.2, 0.25) is 0 Å².